The van der Waals surface area contributed by atoms with Crippen LogP contribution in [0.15, 0.2) is 6.07 Å². The molecule has 1 saturated heterocycles. The average molecular weight is 352 g/mol. The third-order valence-electron chi connectivity index (χ3n) is 5.65. The number of nitrogens with zero attached hydrogens (tertiary/aromatic N) is 5. The molecule has 7 heteroatoms. The number of likely N-dealkylation sites (tertiary alicyclic amines) is 1. The summed E-state index contributed by atoms with van der Waals surface area (Å²) in [6.45, 7) is 5.66. The van der Waals surface area contributed by atoms with Gasteiger partial charge < -0.3 is 10.2 Å². The van der Waals surface area contributed by atoms with E-state index in [4.69, 9.17) is 0 Å². The number of carbonyl (C=O) groups is 1. The van der Waals surface area contributed by atoms with Crippen LogP contribution in [-0.4, -0.2) is 44.7 Å². The van der Waals surface area contributed by atoms with Crippen molar-refractivity contribution in [2.24, 2.45) is 18.9 Å². The summed E-state index contributed by atoms with van der Waals surface area (Å²) in [6, 6.07) is 4.24. The summed E-state index contributed by atoms with van der Waals surface area (Å²) >= 11 is 0. The molecule has 26 heavy (non-hydrogen) atoms. The van der Waals surface area contributed by atoms with E-state index in [0.29, 0.717) is 23.2 Å². The van der Waals surface area contributed by atoms with E-state index < -0.39 is 0 Å². The first-order valence-electron chi connectivity index (χ1n) is 9.27. The summed E-state index contributed by atoms with van der Waals surface area (Å²) in [6.07, 6.45) is 3.09. The van der Waals surface area contributed by atoms with Crippen LogP contribution in [-0.2, 0) is 11.8 Å². The number of carbonyl (C=O) groups excluding carboxylic acids is 1. The zero-order chi connectivity index (χ0) is 18.4. The molecular formula is C19H24N6O. The highest BCUT2D eigenvalue weighted by Gasteiger charge is 2.37. The molecule has 0 bridgehead atoms. The lowest BCUT2D eigenvalue weighted by Crippen LogP contribution is -2.33. The second-order valence-electron chi connectivity index (χ2n) is 7.62. The Bertz CT molecular complexity index is 907. The molecule has 2 aliphatic rings. The second-order valence-corrected chi connectivity index (χ2v) is 7.62. The minimum atomic E-state index is 0.137. The van der Waals surface area contributed by atoms with Gasteiger partial charge in [-0.3, -0.25) is 9.48 Å². The first kappa shape index (κ1) is 16.8. The molecule has 3 heterocycles. The molecule has 1 amide bonds. The van der Waals surface area contributed by atoms with Crippen LogP contribution in [0.2, 0.25) is 0 Å². The molecule has 4 rings (SSSR count). The highest BCUT2D eigenvalue weighted by Crippen LogP contribution is 2.34. The molecule has 1 saturated carbocycles. The topological polar surface area (TPSA) is 86.8 Å². The quantitative estimate of drug-likeness (QED) is 0.911. The first-order chi connectivity index (χ1) is 12.5. The zero-order valence-corrected chi connectivity index (χ0v) is 15.5. The van der Waals surface area contributed by atoms with Gasteiger partial charge in [0.05, 0.1) is 11.3 Å². The molecule has 1 aliphatic carbocycles. The Morgan fingerprint density at radius 1 is 1.42 bits per heavy atom. The third-order valence-corrected chi connectivity index (χ3v) is 5.65. The SMILES string of the molecule is Cc1nn(C)c2nc(NC(C)C3CCN(C(=O)C4CC4)C3)c(C#N)cc12. The number of aromatic nitrogens is 3. The van der Waals surface area contributed by atoms with Crippen molar-refractivity contribution in [2.75, 3.05) is 18.4 Å². The highest BCUT2D eigenvalue weighted by molar-refractivity contribution is 5.83. The Balaban J connectivity index is 1.52. The molecular weight excluding hydrogens is 328 g/mol. The molecule has 0 radical (unpaired) electrons. The van der Waals surface area contributed by atoms with Crippen LogP contribution in [0.5, 0.6) is 0 Å². The van der Waals surface area contributed by atoms with Crippen LogP contribution >= 0.6 is 0 Å². The van der Waals surface area contributed by atoms with E-state index in [1.165, 1.54) is 0 Å². The molecule has 2 aromatic heterocycles. The van der Waals surface area contributed by atoms with Crippen molar-refractivity contribution in [1.82, 2.24) is 19.7 Å². The van der Waals surface area contributed by atoms with Gasteiger partial charge in [-0.2, -0.15) is 10.4 Å². The van der Waals surface area contributed by atoms with Crippen LogP contribution in [0.3, 0.4) is 0 Å². The van der Waals surface area contributed by atoms with Crippen molar-refractivity contribution in [3.8, 4) is 6.07 Å². The van der Waals surface area contributed by atoms with Crippen LogP contribution in [0.4, 0.5) is 5.82 Å². The summed E-state index contributed by atoms with van der Waals surface area (Å²) in [4.78, 5) is 18.9. The van der Waals surface area contributed by atoms with Gasteiger partial charge in [0.25, 0.3) is 0 Å². The Morgan fingerprint density at radius 3 is 2.88 bits per heavy atom. The van der Waals surface area contributed by atoms with Gasteiger partial charge >= 0.3 is 0 Å². The van der Waals surface area contributed by atoms with E-state index in [1.807, 2.05) is 24.9 Å². The normalized spacial score (nSPS) is 21.0. The molecule has 2 fully saturated rings. The van der Waals surface area contributed by atoms with E-state index in [2.05, 4.69) is 28.4 Å². The molecule has 7 nitrogen and oxygen atoms in total. The van der Waals surface area contributed by atoms with Gasteiger partial charge in [-0.05, 0) is 45.1 Å². The van der Waals surface area contributed by atoms with Crippen molar-refractivity contribution in [3.05, 3.63) is 17.3 Å². The number of fused-ring (bicyclic) bond motifs is 1. The molecule has 0 aromatic carbocycles. The van der Waals surface area contributed by atoms with Crippen molar-refractivity contribution in [1.29, 1.82) is 5.26 Å². The summed E-state index contributed by atoms with van der Waals surface area (Å²) in [5, 5.41) is 18.2. The van der Waals surface area contributed by atoms with E-state index >= 15 is 0 Å². The highest BCUT2D eigenvalue weighted by atomic mass is 16.2. The predicted octanol–water partition coefficient (Wildman–Crippen LogP) is 2.21. The smallest absolute Gasteiger partial charge is 0.225 e. The molecule has 0 spiro atoms. The average Bonchev–Trinajstić information content (AvgIpc) is 3.29. The molecule has 1 N–H and O–H groups in total. The Hall–Kier alpha value is -2.62. The lowest BCUT2D eigenvalue weighted by molar-refractivity contribution is -0.131. The van der Waals surface area contributed by atoms with Gasteiger partial charge in [0.1, 0.15) is 11.9 Å². The number of pyridine rings is 1. The van der Waals surface area contributed by atoms with Crippen molar-refractivity contribution in [3.63, 3.8) is 0 Å². The number of rotatable bonds is 4. The van der Waals surface area contributed by atoms with Gasteiger partial charge in [0.2, 0.25) is 5.91 Å². The molecule has 136 valence electrons. The maximum absolute atomic E-state index is 12.3. The van der Waals surface area contributed by atoms with E-state index in [1.54, 1.807) is 4.68 Å². The number of nitriles is 1. The lowest BCUT2D eigenvalue weighted by Gasteiger charge is -2.22. The monoisotopic (exact) mass is 352 g/mol. The van der Waals surface area contributed by atoms with E-state index in [0.717, 1.165) is 49.1 Å². The van der Waals surface area contributed by atoms with Crippen molar-refractivity contribution < 1.29 is 4.79 Å². The third kappa shape index (κ3) is 2.90. The lowest BCUT2D eigenvalue weighted by atomic mass is 10.0. The maximum Gasteiger partial charge on any atom is 0.225 e. The molecule has 1 aliphatic heterocycles. The van der Waals surface area contributed by atoms with Gasteiger partial charge in [0, 0.05) is 37.5 Å². The number of hydrogen-bond donors (Lipinski definition) is 1. The first-order valence-corrected chi connectivity index (χ1v) is 9.27. The Kier molecular flexibility index (Phi) is 4.06. The number of nitrogens with one attached hydrogen (secondary N) is 1. The Morgan fingerprint density at radius 2 is 2.19 bits per heavy atom. The summed E-state index contributed by atoms with van der Waals surface area (Å²) in [5.41, 5.74) is 2.17. The fourth-order valence-electron chi connectivity index (χ4n) is 3.86. The summed E-state index contributed by atoms with van der Waals surface area (Å²) in [7, 11) is 1.86. The minimum Gasteiger partial charge on any atom is -0.366 e. The number of anilines is 1. The molecule has 2 aromatic rings. The number of aryl methyl sites for hydroxylation is 2. The van der Waals surface area contributed by atoms with Gasteiger partial charge in [-0.25, -0.2) is 4.98 Å². The van der Waals surface area contributed by atoms with E-state index in [-0.39, 0.29) is 12.0 Å². The van der Waals surface area contributed by atoms with Gasteiger partial charge in [-0.15, -0.1) is 0 Å². The number of hydrogen-bond acceptors (Lipinski definition) is 5. The van der Waals surface area contributed by atoms with E-state index in [9.17, 15) is 10.1 Å². The van der Waals surface area contributed by atoms with Crippen molar-refractivity contribution >= 4 is 22.8 Å². The fourth-order valence-corrected chi connectivity index (χ4v) is 3.86. The standard InChI is InChI=1S/C19H24N6O/c1-11(14-6-7-25(10-14)19(26)13-4-5-13)21-17-15(9-20)8-16-12(2)23-24(3)18(16)22-17/h8,11,13-14H,4-7,10H2,1-3H3,(H,21,22). The molecule has 2 atom stereocenters. The minimum absolute atomic E-state index is 0.137. The van der Waals surface area contributed by atoms with Gasteiger partial charge in [-0.1, -0.05) is 0 Å². The molecule has 2 unspecified atom stereocenters. The second kappa shape index (κ2) is 6.27. The largest absolute Gasteiger partial charge is 0.366 e. The number of amides is 1. The maximum atomic E-state index is 12.3. The van der Waals surface area contributed by atoms with Crippen LogP contribution in [0, 0.1) is 30.1 Å². The van der Waals surface area contributed by atoms with Crippen LogP contribution in [0.1, 0.15) is 37.4 Å². The zero-order valence-electron chi connectivity index (χ0n) is 15.5. The van der Waals surface area contributed by atoms with Crippen LogP contribution < -0.4 is 5.32 Å². The van der Waals surface area contributed by atoms with Crippen LogP contribution in [0.25, 0.3) is 11.0 Å². The summed E-state index contributed by atoms with van der Waals surface area (Å²) < 4.78 is 1.74. The summed E-state index contributed by atoms with van der Waals surface area (Å²) in [5.74, 6) is 1.57. The predicted molar refractivity (Wildman–Crippen MR) is 98.5 cm³/mol. The fraction of sp³-hybridized carbons (Fsp3) is 0.579. The van der Waals surface area contributed by atoms with Crippen molar-refractivity contribution in [2.45, 2.75) is 39.2 Å². The Labute approximate surface area is 153 Å². The van der Waals surface area contributed by atoms with Gasteiger partial charge in [0.15, 0.2) is 5.65 Å².